The van der Waals surface area contributed by atoms with Crippen molar-refractivity contribution in [2.24, 2.45) is 0 Å². The van der Waals surface area contributed by atoms with Gasteiger partial charge in [-0.3, -0.25) is 0 Å². The van der Waals surface area contributed by atoms with Crippen LogP contribution >= 0.6 is 0 Å². The molecule has 0 aliphatic heterocycles. The molecule has 0 heterocycles. The van der Waals surface area contributed by atoms with Crippen molar-refractivity contribution in [1.29, 1.82) is 5.26 Å². The van der Waals surface area contributed by atoms with Gasteiger partial charge in [-0.05, 0) is 31.4 Å². The lowest BCUT2D eigenvalue weighted by Crippen LogP contribution is -2.36. The molecule has 1 aliphatic carbocycles. The standard InChI is InChI=1S/C14H18N2O/c1-10-5-4-7-12(11(10)9-15)16-13-6-2-3-8-14(13)17/h4-5,7,13-14,16-17H,2-3,6,8H2,1H3. The van der Waals surface area contributed by atoms with Gasteiger partial charge in [0.15, 0.2) is 0 Å². The van der Waals surface area contributed by atoms with Crippen molar-refractivity contribution in [3.8, 4) is 6.07 Å². The highest BCUT2D eigenvalue weighted by Crippen LogP contribution is 2.25. The van der Waals surface area contributed by atoms with Crippen LogP contribution in [0, 0.1) is 18.3 Å². The first-order valence-corrected chi connectivity index (χ1v) is 6.16. The molecule has 0 amide bonds. The van der Waals surface area contributed by atoms with Gasteiger partial charge in [-0.2, -0.15) is 5.26 Å². The summed E-state index contributed by atoms with van der Waals surface area (Å²) >= 11 is 0. The van der Waals surface area contributed by atoms with Gasteiger partial charge in [-0.25, -0.2) is 0 Å². The predicted octanol–water partition coefficient (Wildman–Crippen LogP) is 2.58. The Balaban J connectivity index is 2.18. The third-order valence-corrected chi connectivity index (χ3v) is 3.45. The molecule has 1 saturated carbocycles. The number of aliphatic hydroxyl groups excluding tert-OH is 1. The van der Waals surface area contributed by atoms with E-state index in [9.17, 15) is 5.11 Å². The van der Waals surface area contributed by atoms with Gasteiger partial charge in [0.2, 0.25) is 0 Å². The number of nitrogens with one attached hydrogen (secondary N) is 1. The summed E-state index contributed by atoms with van der Waals surface area (Å²) in [6, 6.07) is 8.08. The first kappa shape index (κ1) is 11.9. The van der Waals surface area contributed by atoms with Crippen LogP contribution in [-0.2, 0) is 0 Å². The third-order valence-electron chi connectivity index (χ3n) is 3.45. The third kappa shape index (κ3) is 2.59. The molecule has 2 unspecified atom stereocenters. The summed E-state index contributed by atoms with van der Waals surface area (Å²) in [5.74, 6) is 0. The summed E-state index contributed by atoms with van der Waals surface area (Å²) in [6.45, 7) is 1.93. The second-order valence-electron chi connectivity index (χ2n) is 4.71. The van der Waals surface area contributed by atoms with E-state index >= 15 is 0 Å². The first-order chi connectivity index (χ1) is 8.22. The molecule has 1 fully saturated rings. The second-order valence-corrected chi connectivity index (χ2v) is 4.71. The molecule has 2 atom stereocenters. The molecule has 0 saturated heterocycles. The molecule has 1 aromatic carbocycles. The maximum Gasteiger partial charge on any atom is 0.102 e. The molecular weight excluding hydrogens is 212 g/mol. The normalized spacial score (nSPS) is 24.1. The molecule has 3 heteroatoms. The Morgan fingerprint density at radius 1 is 1.35 bits per heavy atom. The van der Waals surface area contributed by atoms with Gasteiger partial charge in [-0.1, -0.05) is 25.0 Å². The van der Waals surface area contributed by atoms with Gasteiger partial charge in [0.1, 0.15) is 6.07 Å². The van der Waals surface area contributed by atoms with Gasteiger partial charge in [0.25, 0.3) is 0 Å². The SMILES string of the molecule is Cc1cccc(NC2CCCCC2O)c1C#N. The number of nitrogens with zero attached hydrogens (tertiary/aromatic N) is 1. The number of rotatable bonds is 2. The minimum Gasteiger partial charge on any atom is -0.391 e. The largest absolute Gasteiger partial charge is 0.391 e. The lowest BCUT2D eigenvalue weighted by Gasteiger charge is -2.29. The van der Waals surface area contributed by atoms with Crippen LogP contribution in [0.25, 0.3) is 0 Å². The van der Waals surface area contributed by atoms with Gasteiger partial charge < -0.3 is 10.4 Å². The summed E-state index contributed by atoms with van der Waals surface area (Å²) in [6.07, 6.45) is 3.77. The van der Waals surface area contributed by atoms with Crippen LogP contribution in [0.2, 0.25) is 0 Å². The van der Waals surface area contributed by atoms with Crippen LogP contribution in [0.4, 0.5) is 5.69 Å². The van der Waals surface area contributed by atoms with E-state index in [4.69, 9.17) is 5.26 Å². The zero-order valence-electron chi connectivity index (χ0n) is 10.1. The van der Waals surface area contributed by atoms with E-state index in [1.54, 1.807) is 0 Å². The van der Waals surface area contributed by atoms with Crippen LogP contribution in [0.1, 0.15) is 36.8 Å². The molecule has 0 spiro atoms. The molecule has 0 bridgehead atoms. The smallest absolute Gasteiger partial charge is 0.102 e. The van der Waals surface area contributed by atoms with Crippen molar-refractivity contribution < 1.29 is 5.11 Å². The van der Waals surface area contributed by atoms with Crippen LogP contribution in [0.15, 0.2) is 18.2 Å². The van der Waals surface area contributed by atoms with Crippen molar-refractivity contribution >= 4 is 5.69 Å². The molecule has 2 N–H and O–H groups in total. The second kappa shape index (κ2) is 5.20. The fraction of sp³-hybridized carbons (Fsp3) is 0.500. The Bertz CT molecular complexity index is 436. The Hall–Kier alpha value is -1.53. The summed E-state index contributed by atoms with van der Waals surface area (Å²) < 4.78 is 0. The molecule has 3 nitrogen and oxygen atoms in total. The zero-order valence-corrected chi connectivity index (χ0v) is 10.1. The quantitative estimate of drug-likeness (QED) is 0.821. The molecule has 17 heavy (non-hydrogen) atoms. The minimum absolute atomic E-state index is 0.0812. The number of benzene rings is 1. The van der Waals surface area contributed by atoms with Crippen molar-refractivity contribution in [2.75, 3.05) is 5.32 Å². The molecule has 0 aromatic heterocycles. The highest BCUT2D eigenvalue weighted by Gasteiger charge is 2.23. The van der Waals surface area contributed by atoms with E-state index in [1.165, 1.54) is 0 Å². The average molecular weight is 230 g/mol. The molecule has 2 rings (SSSR count). The van der Waals surface area contributed by atoms with Crippen molar-refractivity contribution in [2.45, 2.75) is 44.8 Å². The first-order valence-electron chi connectivity index (χ1n) is 6.16. The Morgan fingerprint density at radius 3 is 2.82 bits per heavy atom. The summed E-state index contributed by atoms with van der Waals surface area (Å²) in [5, 5.41) is 22.4. The summed E-state index contributed by atoms with van der Waals surface area (Å²) in [5.41, 5.74) is 2.51. The number of nitriles is 1. The Morgan fingerprint density at radius 2 is 2.12 bits per heavy atom. The van der Waals surface area contributed by atoms with Crippen LogP contribution in [0.5, 0.6) is 0 Å². The van der Waals surface area contributed by atoms with E-state index in [1.807, 2.05) is 25.1 Å². The molecule has 1 aliphatic rings. The molecular formula is C14H18N2O. The topological polar surface area (TPSA) is 56.0 Å². The lowest BCUT2D eigenvalue weighted by atomic mass is 9.92. The zero-order chi connectivity index (χ0) is 12.3. The number of aliphatic hydroxyl groups is 1. The van der Waals surface area contributed by atoms with Gasteiger partial charge in [-0.15, -0.1) is 0 Å². The maximum absolute atomic E-state index is 9.92. The van der Waals surface area contributed by atoms with Crippen LogP contribution in [0.3, 0.4) is 0 Å². The van der Waals surface area contributed by atoms with Gasteiger partial charge >= 0.3 is 0 Å². The average Bonchev–Trinajstić information content (AvgIpc) is 2.32. The Labute approximate surface area is 102 Å². The Kier molecular flexibility index (Phi) is 3.65. The minimum atomic E-state index is -0.296. The monoisotopic (exact) mass is 230 g/mol. The van der Waals surface area contributed by atoms with Crippen LogP contribution < -0.4 is 5.32 Å². The van der Waals surface area contributed by atoms with Crippen molar-refractivity contribution in [1.82, 2.24) is 0 Å². The van der Waals surface area contributed by atoms with Crippen LogP contribution in [-0.4, -0.2) is 17.3 Å². The molecule has 1 aromatic rings. The number of hydrogen-bond donors (Lipinski definition) is 2. The van der Waals surface area contributed by atoms with E-state index in [2.05, 4.69) is 11.4 Å². The van der Waals surface area contributed by atoms with E-state index in [0.29, 0.717) is 5.56 Å². The van der Waals surface area contributed by atoms with Crippen molar-refractivity contribution in [3.05, 3.63) is 29.3 Å². The highest BCUT2D eigenvalue weighted by molar-refractivity contribution is 5.61. The predicted molar refractivity (Wildman–Crippen MR) is 67.8 cm³/mol. The molecule has 90 valence electrons. The number of aryl methyl sites for hydroxylation is 1. The van der Waals surface area contributed by atoms with E-state index in [0.717, 1.165) is 36.9 Å². The maximum atomic E-state index is 9.92. The fourth-order valence-electron chi connectivity index (χ4n) is 2.42. The highest BCUT2D eigenvalue weighted by atomic mass is 16.3. The van der Waals surface area contributed by atoms with Gasteiger partial charge in [0, 0.05) is 0 Å². The van der Waals surface area contributed by atoms with Gasteiger partial charge in [0.05, 0.1) is 23.4 Å². The van der Waals surface area contributed by atoms with E-state index in [-0.39, 0.29) is 12.1 Å². The number of anilines is 1. The van der Waals surface area contributed by atoms with Crippen molar-refractivity contribution in [3.63, 3.8) is 0 Å². The molecule has 0 radical (unpaired) electrons. The summed E-state index contributed by atoms with van der Waals surface area (Å²) in [4.78, 5) is 0. The lowest BCUT2D eigenvalue weighted by molar-refractivity contribution is 0.116. The van der Waals surface area contributed by atoms with E-state index < -0.39 is 0 Å². The number of hydrogen-bond acceptors (Lipinski definition) is 3. The fourth-order valence-corrected chi connectivity index (χ4v) is 2.42. The summed E-state index contributed by atoms with van der Waals surface area (Å²) in [7, 11) is 0.